The van der Waals surface area contributed by atoms with Crippen molar-refractivity contribution in [3.05, 3.63) is 249 Å². The molecule has 0 aliphatic heterocycles. The molecule has 0 saturated heterocycles. The Balaban J connectivity index is 1.05. The summed E-state index contributed by atoms with van der Waals surface area (Å²) in [5.41, 5.74) is 16.3. The highest BCUT2D eigenvalue weighted by Crippen LogP contribution is 2.44. The van der Waals surface area contributed by atoms with Gasteiger partial charge in [0.25, 0.3) is 0 Å². The molecule has 0 fully saturated rings. The minimum Gasteiger partial charge on any atom is -0.246 e. The number of pyridine rings is 1. The van der Waals surface area contributed by atoms with Gasteiger partial charge in [-0.3, -0.25) is 0 Å². The lowest BCUT2D eigenvalue weighted by Gasteiger charge is -2.15. The largest absolute Gasteiger partial charge is 0.246 e. The fourth-order valence-electron chi connectivity index (χ4n) is 9.54. The molecule has 5 nitrogen and oxygen atoms in total. The Hall–Kier alpha value is -9.23. The predicted octanol–water partition coefficient (Wildman–Crippen LogP) is 17.2. The van der Waals surface area contributed by atoms with Crippen LogP contribution in [0.2, 0.25) is 0 Å². The number of para-hydroxylation sites is 1. The van der Waals surface area contributed by atoms with Crippen LogP contribution in [-0.2, 0) is 0 Å². The molecule has 0 amide bonds. The maximum Gasteiger partial charge on any atom is 0.160 e. The van der Waals surface area contributed by atoms with E-state index in [9.17, 15) is 0 Å². The standard InChI is InChI=1S/C65H41N5S/c1-5-17-42(18-6-1)44-29-33-46(34-30-44)56-40-58(69-64(67-56)48-21-9-3-10-22-48)50-37-51(39-52(38-50)62-63-61(53-25-13-15-27-55(53)66-62)54-26-14-16-28-60(54)71-63)59-41-57(68-65(70-59)49-23-11-4-12-24-49)47-35-31-45(32-36-47)43-19-7-2-8-20-43/h1-41H. The Labute approximate surface area is 415 Å². The topological polar surface area (TPSA) is 64.5 Å². The van der Waals surface area contributed by atoms with E-state index in [2.05, 4.69) is 200 Å². The molecule has 4 aromatic heterocycles. The molecule has 0 bridgehead atoms. The zero-order chi connectivity index (χ0) is 47.1. The molecule has 13 rings (SSSR count). The molecule has 0 saturated carbocycles. The minimum absolute atomic E-state index is 0.641. The average Bonchev–Trinajstić information content (AvgIpc) is 3.86. The Morgan fingerprint density at radius 2 is 0.620 bits per heavy atom. The number of nitrogens with zero attached hydrogens (tertiary/aromatic N) is 5. The van der Waals surface area contributed by atoms with E-state index in [1.165, 1.54) is 26.6 Å². The van der Waals surface area contributed by atoms with Gasteiger partial charge in [0.15, 0.2) is 11.6 Å². The predicted molar refractivity (Wildman–Crippen MR) is 295 cm³/mol. The summed E-state index contributed by atoms with van der Waals surface area (Å²) < 4.78 is 2.35. The molecule has 9 aromatic carbocycles. The molecule has 0 atom stereocenters. The van der Waals surface area contributed by atoms with Gasteiger partial charge in [0.2, 0.25) is 0 Å². The molecule has 0 N–H and O–H groups in total. The van der Waals surface area contributed by atoms with Crippen LogP contribution in [0.25, 0.3) is 132 Å². The third-order valence-electron chi connectivity index (χ3n) is 13.1. The zero-order valence-corrected chi connectivity index (χ0v) is 39.1. The molecule has 4 heterocycles. The summed E-state index contributed by atoms with van der Waals surface area (Å²) in [6, 6.07) is 86.8. The number of benzene rings is 9. The number of thiophene rings is 1. The minimum atomic E-state index is 0.641. The summed E-state index contributed by atoms with van der Waals surface area (Å²) in [6.45, 7) is 0. The number of aromatic nitrogens is 5. The monoisotopic (exact) mass is 923 g/mol. The van der Waals surface area contributed by atoms with E-state index in [0.717, 1.165) is 94.1 Å². The highest BCUT2D eigenvalue weighted by molar-refractivity contribution is 7.26. The van der Waals surface area contributed by atoms with Gasteiger partial charge in [-0.2, -0.15) is 0 Å². The van der Waals surface area contributed by atoms with Gasteiger partial charge < -0.3 is 0 Å². The Morgan fingerprint density at radius 3 is 1.11 bits per heavy atom. The van der Waals surface area contributed by atoms with Gasteiger partial charge in [-0.05, 0) is 64.7 Å². The summed E-state index contributed by atoms with van der Waals surface area (Å²) >= 11 is 1.79. The van der Waals surface area contributed by atoms with Crippen molar-refractivity contribution in [1.82, 2.24) is 24.9 Å². The molecular formula is C65H41N5S. The summed E-state index contributed by atoms with van der Waals surface area (Å²) in [7, 11) is 0. The lowest BCUT2D eigenvalue weighted by atomic mass is 9.96. The summed E-state index contributed by atoms with van der Waals surface area (Å²) in [5.74, 6) is 1.28. The van der Waals surface area contributed by atoms with Crippen molar-refractivity contribution in [2.75, 3.05) is 0 Å². The molecule has 6 heteroatoms. The van der Waals surface area contributed by atoms with E-state index in [-0.39, 0.29) is 0 Å². The van der Waals surface area contributed by atoms with E-state index in [1.807, 2.05) is 48.5 Å². The second kappa shape index (κ2) is 18.0. The molecule has 0 radical (unpaired) electrons. The third kappa shape index (κ3) is 8.12. The average molecular weight is 924 g/mol. The van der Waals surface area contributed by atoms with E-state index in [1.54, 1.807) is 11.3 Å². The quantitative estimate of drug-likeness (QED) is 0.144. The first-order valence-electron chi connectivity index (χ1n) is 23.7. The lowest BCUT2D eigenvalue weighted by molar-refractivity contribution is 1.18. The summed E-state index contributed by atoms with van der Waals surface area (Å²) in [5, 5.41) is 3.57. The van der Waals surface area contributed by atoms with E-state index >= 15 is 0 Å². The number of hydrogen-bond donors (Lipinski definition) is 0. The summed E-state index contributed by atoms with van der Waals surface area (Å²) in [6.07, 6.45) is 0. The maximum atomic E-state index is 5.51. The zero-order valence-electron chi connectivity index (χ0n) is 38.3. The fraction of sp³-hybridized carbons (Fsp3) is 0. The van der Waals surface area contributed by atoms with Crippen LogP contribution in [0.15, 0.2) is 249 Å². The molecule has 71 heavy (non-hydrogen) atoms. The third-order valence-corrected chi connectivity index (χ3v) is 14.3. The van der Waals surface area contributed by atoms with Crippen LogP contribution in [0.4, 0.5) is 0 Å². The van der Waals surface area contributed by atoms with Crippen LogP contribution in [0.3, 0.4) is 0 Å². The van der Waals surface area contributed by atoms with Crippen molar-refractivity contribution in [3.63, 3.8) is 0 Å². The van der Waals surface area contributed by atoms with Crippen LogP contribution < -0.4 is 0 Å². The second-order valence-electron chi connectivity index (χ2n) is 17.6. The van der Waals surface area contributed by atoms with Gasteiger partial charge in [0.1, 0.15) is 0 Å². The van der Waals surface area contributed by atoms with Gasteiger partial charge in [-0.1, -0.05) is 206 Å². The van der Waals surface area contributed by atoms with Crippen molar-refractivity contribution in [2.45, 2.75) is 0 Å². The van der Waals surface area contributed by atoms with Crippen molar-refractivity contribution in [3.8, 4) is 101 Å². The summed E-state index contributed by atoms with van der Waals surface area (Å²) in [4.78, 5) is 26.7. The van der Waals surface area contributed by atoms with E-state index in [4.69, 9.17) is 24.9 Å². The molecule has 0 unspecified atom stereocenters. The van der Waals surface area contributed by atoms with Crippen LogP contribution in [-0.4, -0.2) is 24.9 Å². The first-order chi connectivity index (χ1) is 35.1. The van der Waals surface area contributed by atoms with Crippen LogP contribution in [0.5, 0.6) is 0 Å². The number of fused-ring (bicyclic) bond motifs is 5. The van der Waals surface area contributed by atoms with Crippen LogP contribution in [0, 0.1) is 0 Å². The van der Waals surface area contributed by atoms with Crippen molar-refractivity contribution < 1.29 is 0 Å². The van der Waals surface area contributed by atoms with E-state index < -0.39 is 0 Å². The Morgan fingerprint density at radius 1 is 0.254 bits per heavy atom. The first kappa shape index (κ1) is 41.9. The first-order valence-corrected chi connectivity index (χ1v) is 24.5. The highest BCUT2D eigenvalue weighted by atomic mass is 32.1. The number of hydrogen-bond acceptors (Lipinski definition) is 6. The molecule has 0 spiro atoms. The maximum absolute atomic E-state index is 5.51. The Bertz CT molecular complexity index is 3880. The lowest BCUT2D eigenvalue weighted by Crippen LogP contribution is -1.98. The molecule has 13 aromatic rings. The Kier molecular flexibility index (Phi) is 10.6. The number of rotatable bonds is 9. The fourth-order valence-corrected chi connectivity index (χ4v) is 10.8. The van der Waals surface area contributed by atoms with Gasteiger partial charge in [-0.25, -0.2) is 24.9 Å². The van der Waals surface area contributed by atoms with Gasteiger partial charge >= 0.3 is 0 Å². The van der Waals surface area contributed by atoms with Crippen molar-refractivity contribution in [2.24, 2.45) is 0 Å². The van der Waals surface area contributed by atoms with Gasteiger partial charge in [0.05, 0.1) is 38.7 Å². The van der Waals surface area contributed by atoms with Crippen LogP contribution in [0.1, 0.15) is 0 Å². The SMILES string of the molecule is c1ccc(-c2ccc(-c3cc(-c4cc(-c5cc(-c6ccc(-c7ccccc7)cc6)nc(-c6ccccc6)n5)cc(-c5nc6ccccc6c6c5sc5ccccc56)c4)nc(-c4ccccc4)n3)cc2)cc1. The van der Waals surface area contributed by atoms with Gasteiger partial charge in [0, 0.05) is 59.8 Å². The molecule has 332 valence electrons. The molecule has 0 aliphatic rings. The molecule has 0 aliphatic carbocycles. The van der Waals surface area contributed by atoms with Crippen molar-refractivity contribution >= 4 is 42.4 Å². The van der Waals surface area contributed by atoms with Crippen molar-refractivity contribution in [1.29, 1.82) is 0 Å². The second-order valence-corrected chi connectivity index (χ2v) is 18.7. The highest BCUT2D eigenvalue weighted by Gasteiger charge is 2.21. The molecular weight excluding hydrogens is 883 g/mol. The van der Waals surface area contributed by atoms with Crippen LogP contribution >= 0.6 is 11.3 Å². The smallest absolute Gasteiger partial charge is 0.160 e. The van der Waals surface area contributed by atoms with Gasteiger partial charge in [-0.15, -0.1) is 11.3 Å². The normalized spacial score (nSPS) is 11.4. The van der Waals surface area contributed by atoms with E-state index in [0.29, 0.717) is 11.6 Å².